The average Bonchev–Trinajstić information content (AvgIpc) is 3.27. The van der Waals surface area contributed by atoms with E-state index in [9.17, 15) is 4.79 Å². The fourth-order valence-corrected chi connectivity index (χ4v) is 3.84. The smallest absolute Gasteiger partial charge is 0.251 e. The molecule has 124 valence electrons. The Morgan fingerprint density at radius 2 is 1.91 bits per heavy atom. The van der Waals surface area contributed by atoms with Gasteiger partial charge in [-0.05, 0) is 44.7 Å². The number of hydrogen-bond acceptors (Lipinski definition) is 3. The van der Waals surface area contributed by atoms with Crippen molar-refractivity contribution in [1.82, 2.24) is 19.5 Å². The number of rotatable bonds is 4. The molecular formula is C18H26N4O. The number of likely N-dealkylation sites (tertiary alicyclic amines) is 1. The van der Waals surface area contributed by atoms with E-state index in [0.717, 1.165) is 43.0 Å². The van der Waals surface area contributed by atoms with Crippen molar-refractivity contribution in [2.45, 2.75) is 51.4 Å². The van der Waals surface area contributed by atoms with E-state index in [0.29, 0.717) is 17.8 Å². The van der Waals surface area contributed by atoms with Gasteiger partial charge in [0, 0.05) is 30.5 Å². The predicted molar refractivity (Wildman–Crippen MR) is 91.0 cm³/mol. The lowest BCUT2D eigenvalue weighted by molar-refractivity contribution is 0.190. The molecule has 0 radical (unpaired) electrons. The van der Waals surface area contributed by atoms with Crippen molar-refractivity contribution >= 4 is 5.65 Å². The van der Waals surface area contributed by atoms with E-state index in [1.165, 1.54) is 19.4 Å². The first-order valence-corrected chi connectivity index (χ1v) is 8.95. The van der Waals surface area contributed by atoms with Crippen molar-refractivity contribution < 1.29 is 0 Å². The number of fused-ring (bicyclic) bond motifs is 1. The van der Waals surface area contributed by atoms with Crippen molar-refractivity contribution in [1.29, 1.82) is 0 Å². The molecule has 1 saturated carbocycles. The van der Waals surface area contributed by atoms with E-state index >= 15 is 0 Å². The highest BCUT2D eigenvalue weighted by molar-refractivity contribution is 5.42. The van der Waals surface area contributed by atoms with Crippen LogP contribution in [0.2, 0.25) is 0 Å². The zero-order valence-corrected chi connectivity index (χ0v) is 14.1. The van der Waals surface area contributed by atoms with Gasteiger partial charge in [0.05, 0.1) is 11.4 Å². The molecule has 2 fully saturated rings. The fourth-order valence-electron chi connectivity index (χ4n) is 3.84. The van der Waals surface area contributed by atoms with Crippen LogP contribution < -0.4 is 5.56 Å². The van der Waals surface area contributed by atoms with Gasteiger partial charge >= 0.3 is 0 Å². The lowest BCUT2D eigenvalue weighted by Crippen LogP contribution is -2.36. The Bertz CT molecular complexity index is 748. The summed E-state index contributed by atoms with van der Waals surface area (Å²) in [4.78, 5) is 17.5. The maximum Gasteiger partial charge on any atom is 0.251 e. The molecule has 2 aromatic rings. The zero-order chi connectivity index (χ0) is 16.0. The third-order valence-electron chi connectivity index (χ3n) is 5.13. The SMILES string of the molecule is CC(C)CN1CCC(c2cc(=O)[nH]c3cc(C4CC4)nn23)CC1. The largest absolute Gasteiger partial charge is 0.307 e. The summed E-state index contributed by atoms with van der Waals surface area (Å²) in [6, 6.07) is 3.83. The minimum absolute atomic E-state index is 0.000595. The van der Waals surface area contributed by atoms with Gasteiger partial charge in [-0.2, -0.15) is 5.10 Å². The molecule has 1 aliphatic carbocycles. The lowest BCUT2D eigenvalue weighted by Gasteiger charge is -2.33. The molecule has 1 aliphatic heterocycles. The zero-order valence-electron chi connectivity index (χ0n) is 14.1. The Morgan fingerprint density at radius 3 is 2.57 bits per heavy atom. The number of aromatic nitrogens is 3. The van der Waals surface area contributed by atoms with Gasteiger partial charge in [-0.25, -0.2) is 4.52 Å². The van der Waals surface area contributed by atoms with Gasteiger partial charge in [0.15, 0.2) is 0 Å². The molecule has 1 N–H and O–H groups in total. The summed E-state index contributed by atoms with van der Waals surface area (Å²) in [5.41, 5.74) is 3.10. The topological polar surface area (TPSA) is 53.4 Å². The third-order valence-corrected chi connectivity index (χ3v) is 5.13. The Hall–Kier alpha value is -1.62. The monoisotopic (exact) mass is 314 g/mol. The van der Waals surface area contributed by atoms with Gasteiger partial charge < -0.3 is 9.88 Å². The standard InChI is InChI=1S/C18H26N4O/c1-12(2)11-21-7-5-14(6-8-21)16-10-18(23)19-17-9-15(13-3-4-13)20-22(16)17/h9-10,12-14H,3-8,11H2,1-2H3,(H,19,23). The summed E-state index contributed by atoms with van der Waals surface area (Å²) in [5, 5.41) is 4.79. The maximum atomic E-state index is 12.0. The molecule has 1 saturated heterocycles. The molecule has 3 heterocycles. The molecule has 4 rings (SSSR count). The number of aromatic amines is 1. The van der Waals surface area contributed by atoms with Gasteiger partial charge in [0.25, 0.3) is 5.56 Å². The van der Waals surface area contributed by atoms with Crippen molar-refractivity contribution in [3.05, 3.63) is 33.9 Å². The van der Waals surface area contributed by atoms with Gasteiger partial charge in [-0.1, -0.05) is 13.8 Å². The van der Waals surface area contributed by atoms with Crippen LogP contribution in [0.3, 0.4) is 0 Å². The Kier molecular flexibility index (Phi) is 3.76. The van der Waals surface area contributed by atoms with Crippen molar-refractivity contribution in [3.63, 3.8) is 0 Å². The molecule has 0 bridgehead atoms. The Balaban J connectivity index is 1.60. The summed E-state index contributed by atoms with van der Waals surface area (Å²) in [6.45, 7) is 7.96. The highest BCUT2D eigenvalue weighted by atomic mass is 16.1. The van der Waals surface area contributed by atoms with Crippen LogP contribution in [-0.4, -0.2) is 39.1 Å². The maximum absolute atomic E-state index is 12.0. The summed E-state index contributed by atoms with van der Waals surface area (Å²) in [7, 11) is 0. The van der Waals surface area contributed by atoms with Crippen LogP contribution in [0.1, 0.15) is 62.8 Å². The van der Waals surface area contributed by atoms with Crippen LogP contribution >= 0.6 is 0 Å². The van der Waals surface area contributed by atoms with Crippen LogP contribution in [0.25, 0.3) is 5.65 Å². The summed E-state index contributed by atoms with van der Waals surface area (Å²) >= 11 is 0. The first-order valence-electron chi connectivity index (χ1n) is 8.95. The van der Waals surface area contributed by atoms with Crippen LogP contribution in [0.15, 0.2) is 16.9 Å². The molecule has 5 heteroatoms. The molecule has 0 unspecified atom stereocenters. The summed E-state index contributed by atoms with van der Waals surface area (Å²) < 4.78 is 2.00. The lowest BCUT2D eigenvalue weighted by atomic mass is 9.93. The highest BCUT2D eigenvalue weighted by Gasteiger charge is 2.28. The fraction of sp³-hybridized carbons (Fsp3) is 0.667. The van der Waals surface area contributed by atoms with E-state index in [-0.39, 0.29) is 5.56 Å². The van der Waals surface area contributed by atoms with Crippen LogP contribution in [0, 0.1) is 5.92 Å². The van der Waals surface area contributed by atoms with E-state index < -0.39 is 0 Å². The van der Waals surface area contributed by atoms with Gasteiger partial charge in [-0.15, -0.1) is 0 Å². The predicted octanol–water partition coefficient (Wildman–Crippen LogP) is 2.74. The third kappa shape index (κ3) is 3.07. The molecule has 5 nitrogen and oxygen atoms in total. The minimum atomic E-state index is -0.000595. The normalized spacial score (nSPS) is 20.7. The molecule has 0 atom stereocenters. The molecular weight excluding hydrogens is 288 g/mol. The molecule has 2 aromatic heterocycles. The van der Waals surface area contributed by atoms with Crippen LogP contribution in [-0.2, 0) is 0 Å². The van der Waals surface area contributed by atoms with Crippen LogP contribution in [0.5, 0.6) is 0 Å². The molecule has 23 heavy (non-hydrogen) atoms. The van der Waals surface area contributed by atoms with E-state index in [4.69, 9.17) is 5.10 Å². The molecule has 0 aromatic carbocycles. The molecule has 0 amide bonds. The van der Waals surface area contributed by atoms with E-state index in [1.54, 1.807) is 6.07 Å². The van der Waals surface area contributed by atoms with Gasteiger partial charge in [0.1, 0.15) is 5.65 Å². The first-order chi connectivity index (χ1) is 11.1. The summed E-state index contributed by atoms with van der Waals surface area (Å²) in [6.07, 6.45) is 4.70. The second kappa shape index (κ2) is 5.78. The second-order valence-electron chi connectivity index (χ2n) is 7.67. The number of nitrogens with zero attached hydrogens (tertiary/aromatic N) is 3. The summed E-state index contributed by atoms with van der Waals surface area (Å²) in [5.74, 6) is 1.76. The average molecular weight is 314 g/mol. The minimum Gasteiger partial charge on any atom is -0.307 e. The van der Waals surface area contributed by atoms with E-state index in [1.807, 2.05) is 4.52 Å². The van der Waals surface area contributed by atoms with Gasteiger partial charge in [-0.3, -0.25) is 4.79 Å². The number of hydrogen-bond donors (Lipinski definition) is 1. The Morgan fingerprint density at radius 1 is 1.17 bits per heavy atom. The highest BCUT2D eigenvalue weighted by Crippen LogP contribution is 2.39. The van der Waals surface area contributed by atoms with Crippen molar-refractivity contribution in [2.75, 3.05) is 19.6 Å². The first kappa shape index (κ1) is 14.9. The quantitative estimate of drug-likeness (QED) is 0.944. The number of H-pyrrole nitrogens is 1. The number of piperidine rings is 1. The van der Waals surface area contributed by atoms with Crippen molar-refractivity contribution in [3.8, 4) is 0 Å². The molecule has 2 aliphatic rings. The Labute approximate surface area is 136 Å². The number of nitrogens with one attached hydrogen (secondary N) is 1. The van der Waals surface area contributed by atoms with Gasteiger partial charge in [0.2, 0.25) is 0 Å². The second-order valence-corrected chi connectivity index (χ2v) is 7.67. The molecule has 0 spiro atoms. The van der Waals surface area contributed by atoms with Crippen LogP contribution in [0.4, 0.5) is 0 Å². The van der Waals surface area contributed by atoms with E-state index in [2.05, 4.69) is 29.8 Å². The van der Waals surface area contributed by atoms with Crippen molar-refractivity contribution in [2.24, 2.45) is 5.92 Å².